The molecule has 0 N–H and O–H groups in total. The average molecular weight is 306 g/mol. The lowest BCUT2D eigenvalue weighted by Crippen LogP contribution is -2.44. The summed E-state index contributed by atoms with van der Waals surface area (Å²) < 4.78 is 37.1. The summed E-state index contributed by atoms with van der Waals surface area (Å²) >= 11 is 5.88. The smallest absolute Gasteiger partial charge is 0.246 e. The van der Waals surface area contributed by atoms with Crippen molar-refractivity contribution in [3.8, 4) is 5.75 Å². The fourth-order valence-corrected chi connectivity index (χ4v) is 3.91. The van der Waals surface area contributed by atoms with Gasteiger partial charge in [-0.1, -0.05) is 11.6 Å². The molecular formula is C12H16ClNO4S. The first-order valence-electron chi connectivity index (χ1n) is 5.90. The average Bonchev–Trinajstić information content (AvgIpc) is 2.38. The van der Waals surface area contributed by atoms with E-state index in [1.54, 1.807) is 12.1 Å². The first-order valence-corrected chi connectivity index (χ1v) is 7.72. The number of hydrogen-bond acceptors (Lipinski definition) is 4. The maximum atomic E-state index is 12.6. The van der Waals surface area contributed by atoms with Crippen LogP contribution in [0.5, 0.6) is 5.75 Å². The highest BCUT2D eigenvalue weighted by Crippen LogP contribution is 2.30. The zero-order valence-corrected chi connectivity index (χ0v) is 12.4. The number of morpholine rings is 1. The molecule has 0 radical (unpaired) electrons. The Kier molecular flexibility index (Phi) is 4.35. The van der Waals surface area contributed by atoms with Crippen molar-refractivity contribution < 1.29 is 17.9 Å². The second-order valence-corrected chi connectivity index (χ2v) is 6.68. The quantitative estimate of drug-likeness (QED) is 0.854. The number of sulfonamides is 1. The van der Waals surface area contributed by atoms with Gasteiger partial charge < -0.3 is 9.47 Å². The minimum atomic E-state index is -3.62. The van der Waals surface area contributed by atoms with Crippen LogP contribution in [0.3, 0.4) is 0 Å². The van der Waals surface area contributed by atoms with Crippen LogP contribution in [-0.4, -0.2) is 45.6 Å². The SMILES string of the molecule is COc1ccc(Cl)cc1S(=O)(=O)N1CCOC(C)C1. The van der Waals surface area contributed by atoms with E-state index in [1.165, 1.54) is 17.5 Å². The molecule has 0 aliphatic carbocycles. The van der Waals surface area contributed by atoms with Gasteiger partial charge >= 0.3 is 0 Å². The van der Waals surface area contributed by atoms with Gasteiger partial charge in [0.1, 0.15) is 10.6 Å². The summed E-state index contributed by atoms with van der Waals surface area (Å²) in [6.07, 6.45) is -0.117. The number of methoxy groups -OCH3 is 1. The van der Waals surface area contributed by atoms with Gasteiger partial charge in [-0.25, -0.2) is 8.42 Å². The first kappa shape index (κ1) is 14.6. The van der Waals surface area contributed by atoms with Crippen molar-refractivity contribution >= 4 is 21.6 Å². The second kappa shape index (κ2) is 5.66. The minimum Gasteiger partial charge on any atom is -0.495 e. The zero-order chi connectivity index (χ0) is 14.0. The van der Waals surface area contributed by atoms with Crippen molar-refractivity contribution in [2.45, 2.75) is 17.9 Å². The van der Waals surface area contributed by atoms with Crippen LogP contribution in [0.4, 0.5) is 0 Å². The second-order valence-electron chi connectivity index (χ2n) is 4.34. The van der Waals surface area contributed by atoms with Crippen LogP contribution in [0.25, 0.3) is 0 Å². The molecule has 0 aromatic heterocycles. The number of ether oxygens (including phenoxy) is 2. The largest absolute Gasteiger partial charge is 0.495 e. The van der Waals surface area contributed by atoms with E-state index in [9.17, 15) is 8.42 Å². The molecule has 1 aliphatic rings. The lowest BCUT2D eigenvalue weighted by Gasteiger charge is -2.30. The number of rotatable bonds is 3. The Bertz CT molecular complexity index is 561. The number of nitrogens with zero attached hydrogens (tertiary/aromatic N) is 1. The van der Waals surface area contributed by atoms with E-state index in [2.05, 4.69) is 0 Å². The summed E-state index contributed by atoms with van der Waals surface area (Å²) in [4.78, 5) is 0.0941. The Balaban J connectivity index is 2.41. The maximum absolute atomic E-state index is 12.6. The molecule has 1 unspecified atom stereocenters. The molecule has 1 aromatic carbocycles. The molecule has 1 atom stereocenters. The van der Waals surface area contributed by atoms with E-state index < -0.39 is 10.0 Å². The molecule has 0 spiro atoms. The van der Waals surface area contributed by atoms with E-state index in [1.807, 2.05) is 6.92 Å². The van der Waals surface area contributed by atoms with Crippen molar-refractivity contribution in [2.24, 2.45) is 0 Å². The van der Waals surface area contributed by atoms with Crippen LogP contribution in [0.15, 0.2) is 23.1 Å². The Hall–Kier alpha value is -0.820. The van der Waals surface area contributed by atoms with Gasteiger partial charge in [0.15, 0.2) is 0 Å². The van der Waals surface area contributed by atoms with Crippen LogP contribution in [-0.2, 0) is 14.8 Å². The highest BCUT2D eigenvalue weighted by Gasteiger charge is 2.31. The van der Waals surface area contributed by atoms with E-state index in [0.29, 0.717) is 30.5 Å². The third-order valence-corrected chi connectivity index (χ3v) is 5.07. The monoisotopic (exact) mass is 305 g/mol. The Labute approximate surface area is 118 Å². The van der Waals surface area contributed by atoms with Crippen LogP contribution in [0, 0.1) is 0 Å². The van der Waals surface area contributed by atoms with Gasteiger partial charge in [-0.15, -0.1) is 0 Å². The van der Waals surface area contributed by atoms with Crippen molar-refractivity contribution in [1.29, 1.82) is 0 Å². The van der Waals surface area contributed by atoms with Crippen molar-refractivity contribution in [2.75, 3.05) is 26.8 Å². The normalized spacial score (nSPS) is 21.3. The highest BCUT2D eigenvalue weighted by molar-refractivity contribution is 7.89. The molecule has 1 aliphatic heterocycles. The summed E-state index contributed by atoms with van der Waals surface area (Å²) in [6, 6.07) is 4.57. The number of hydrogen-bond donors (Lipinski definition) is 0. The molecule has 0 amide bonds. The Morgan fingerprint density at radius 1 is 1.47 bits per heavy atom. The topological polar surface area (TPSA) is 55.8 Å². The summed E-state index contributed by atoms with van der Waals surface area (Å²) in [5.41, 5.74) is 0. The molecule has 1 saturated heterocycles. The van der Waals surface area contributed by atoms with Crippen LogP contribution < -0.4 is 4.74 Å². The van der Waals surface area contributed by atoms with Gasteiger partial charge in [-0.2, -0.15) is 4.31 Å². The molecule has 19 heavy (non-hydrogen) atoms. The molecule has 0 saturated carbocycles. The molecule has 5 nitrogen and oxygen atoms in total. The van der Waals surface area contributed by atoms with Gasteiger partial charge in [0.25, 0.3) is 0 Å². The van der Waals surface area contributed by atoms with Gasteiger partial charge in [0.2, 0.25) is 10.0 Å². The summed E-state index contributed by atoms with van der Waals surface area (Å²) in [6.45, 7) is 2.90. The third-order valence-electron chi connectivity index (χ3n) is 2.95. The molecule has 2 rings (SSSR count). The molecular weight excluding hydrogens is 290 g/mol. The highest BCUT2D eigenvalue weighted by atomic mass is 35.5. The van der Waals surface area contributed by atoms with Gasteiger partial charge in [-0.3, -0.25) is 0 Å². The predicted molar refractivity (Wildman–Crippen MR) is 72.2 cm³/mol. The Morgan fingerprint density at radius 2 is 2.21 bits per heavy atom. The molecule has 1 heterocycles. The Morgan fingerprint density at radius 3 is 2.84 bits per heavy atom. The summed E-state index contributed by atoms with van der Waals surface area (Å²) in [5, 5.41) is 0.362. The molecule has 0 bridgehead atoms. The van der Waals surface area contributed by atoms with E-state index in [4.69, 9.17) is 21.1 Å². The number of halogens is 1. The standard InChI is InChI=1S/C12H16ClNO4S/c1-9-8-14(5-6-18-9)19(15,16)12-7-10(13)3-4-11(12)17-2/h3-4,7,9H,5-6,8H2,1-2H3. The van der Waals surface area contributed by atoms with Gasteiger partial charge in [0, 0.05) is 18.1 Å². The lowest BCUT2D eigenvalue weighted by molar-refractivity contribution is 0.0101. The third kappa shape index (κ3) is 3.02. The van der Waals surface area contributed by atoms with Gasteiger partial charge in [0.05, 0.1) is 19.8 Å². The molecule has 106 valence electrons. The molecule has 1 fully saturated rings. The first-order chi connectivity index (χ1) is 8.95. The zero-order valence-electron chi connectivity index (χ0n) is 10.8. The van der Waals surface area contributed by atoms with Crippen LogP contribution in [0.1, 0.15) is 6.92 Å². The predicted octanol–water partition coefficient (Wildman–Crippen LogP) is 1.76. The van der Waals surface area contributed by atoms with Crippen molar-refractivity contribution in [3.63, 3.8) is 0 Å². The fraction of sp³-hybridized carbons (Fsp3) is 0.500. The fourth-order valence-electron chi connectivity index (χ4n) is 2.00. The summed E-state index contributed by atoms with van der Waals surface area (Å²) in [5.74, 6) is 0.295. The van der Waals surface area contributed by atoms with E-state index >= 15 is 0 Å². The van der Waals surface area contributed by atoms with Crippen LogP contribution >= 0.6 is 11.6 Å². The lowest BCUT2D eigenvalue weighted by atomic mass is 10.3. The van der Waals surface area contributed by atoms with Crippen molar-refractivity contribution in [3.05, 3.63) is 23.2 Å². The minimum absolute atomic E-state index is 0.0941. The maximum Gasteiger partial charge on any atom is 0.246 e. The van der Waals surface area contributed by atoms with Gasteiger partial charge in [-0.05, 0) is 25.1 Å². The van der Waals surface area contributed by atoms with Crippen molar-refractivity contribution in [1.82, 2.24) is 4.31 Å². The summed E-state index contributed by atoms with van der Waals surface area (Å²) in [7, 11) is -2.18. The van der Waals surface area contributed by atoms with E-state index in [0.717, 1.165) is 0 Å². The molecule has 1 aromatic rings. The van der Waals surface area contributed by atoms with Crippen LogP contribution in [0.2, 0.25) is 5.02 Å². The van der Waals surface area contributed by atoms with E-state index in [-0.39, 0.29) is 11.0 Å². The molecule has 7 heteroatoms. The number of benzene rings is 1.